The lowest BCUT2D eigenvalue weighted by molar-refractivity contribution is -0.116. The smallest absolute Gasteiger partial charge is 0.240 e. The molecule has 0 aliphatic carbocycles. The molecule has 0 aromatic heterocycles. The molecule has 0 fully saturated rings. The van der Waals surface area contributed by atoms with Crippen LogP contribution in [0.2, 0.25) is 0 Å². The fourth-order valence-corrected chi connectivity index (χ4v) is 3.41. The summed E-state index contributed by atoms with van der Waals surface area (Å²) in [6.45, 7) is 1.31. The molecule has 0 aliphatic heterocycles. The number of ether oxygens (including phenoxy) is 2. The molecule has 0 heterocycles. The second-order valence-electron chi connectivity index (χ2n) is 5.84. The molecule has 2 N–H and O–H groups in total. The van der Waals surface area contributed by atoms with E-state index >= 15 is 0 Å². The number of nitrogens with one attached hydrogen (secondary N) is 2. The van der Waals surface area contributed by atoms with Gasteiger partial charge >= 0.3 is 0 Å². The highest BCUT2D eigenvalue weighted by Gasteiger charge is 2.15. The summed E-state index contributed by atoms with van der Waals surface area (Å²) in [7, 11) is -0.800. The van der Waals surface area contributed by atoms with Gasteiger partial charge in [-0.05, 0) is 31.2 Å². The molecule has 0 unspecified atom stereocenters. The van der Waals surface area contributed by atoms with Crippen molar-refractivity contribution in [3.63, 3.8) is 0 Å². The van der Waals surface area contributed by atoms with E-state index in [2.05, 4.69) is 10.0 Å². The maximum absolute atomic E-state index is 12.3. The summed E-state index contributed by atoms with van der Waals surface area (Å²) in [5, 5.41) is 2.67. The van der Waals surface area contributed by atoms with Crippen molar-refractivity contribution in [2.24, 2.45) is 0 Å². The highest BCUT2D eigenvalue weighted by molar-refractivity contribution is 7.89. The molecular formula is C19H22N2O6S. The lowest BCUT2D eigenvalue weighted by Crippen LogP contribution is -2.28. The zero-order valence-corrected chi connectivity index (χ0v) is 16.6. The largest absolute Gasteiger partial charge is 0.497 e. The van der Waals surface area contributed by atoms with E-state index in [1.165, 1.54) is 45.4 Å². The zero-order valence-electron chi connectivity index (χ0n) is 15.8. The standard InChI is InChI=1S/C19H22N2O6S/c1-13(22)14-4-7-16(8-5-14)28(24,25)20-11-10-19(23)21-17-12-15(26-2)6-9-18(17)27-3/h4-9,12,20H,10-11H2,1-3H3,(H,21,23). The Morgan fingerprint density at radius 3 is 2.25 bits per heavy atom. The number of hydrogen-bond acceptors (Lipinski definition) is 6. The molecule has 9 heteroatoms. The summed E-state index contributed by atoms with van der Waals surface area (Å²) in [5.41, 5.74) is 0.847. The van der Waals surface area contributed by atoms with Crippen LogP contribution in [0.25, 0.3) is 0 Å². The number of hydrogen-bond donors (Lipinski definition) is 2. The van der Waals surface area contributed by atoms with Gasteiger partial charge in [0.1, 0.15) is 11.5 Å². The predicted molar refractivity (Wildman–Crippen MR) is 104 cm³/mol. The third-order valence-corrected chi connectivity index (χ3v) is 5.37. The van der Waals surface area contributed by atoms with Gasteiger partial charge in [0.05, 0.1) is 24.8 Å². The van der Waals surface area contributed by atoms with Gasteiger partial charge in [0.25, 0.3) is 0 Å². The van der Waals surface area contributed by atoms with Crippen LogP contribution in [0.5, 0.6) is 11.5 Å². The Morgan fingerprint density at radius 1 is 1.00 bits per heavy atom. The maximum atomic E-state index is 12.3. The normalized spacial score (nSPS) is 11.0. The van der Waals surface area contributed by atoms with Gasteiger partial charge in [0.2, 0.25) is 15.9 Å². The average molecular weight is 406 g/mol. The number of carbonyl (C=O) groups excluding carboxylic acids is 2. The van der Waals surface area contributed by atoms with Crippen molar-refractivity contribution >= 4 is 27.4 Å². The third-order valence-electron chi connectivity index (χ3n) is 3.90. The van der Waals surface area contributed by atoms with E-state index in [1.807, 2.05) is 0 Å². The number of benzene rings is 2. The van der Waals surface area contributed by atoms with Crippen LogP contribution in [0.15, 0.2) is 47.4 Å². The van der Waals surface area contributed by atoms with Gasteiger partial charge in [-0.2, -0.15) is 0 Å². The van der Waals surface area contributed by atoms with E-state index in [-0.39, 0.29) is 29.6 Å². The van der Waals surface area contributed by atoms with E-state index in [0.717, 1.165) is 0 Å². The quantitative estimate of drug-likeness (QED) is 0.618. The molecule has 0 saturated carbocycles. The summed E-state index contributed by atoms with van der Waals surface area (Å²) >= 11 is 0. The first kappa shape index (κ1) is 21.4. The number of anilines is 1. The summed E-state index contributed by atoms with van der Waals surface area (Å²) < 4.78 is 37.2. The fraction of sp³-hybridized carbons (Fsp3) is 0.263. The number of methoxy groups -OCH3 is 2. The van der Waals surface area contributed by atoms with Crippen LogP contribution in [-0.4, -0.2) is 40.9 Å². The fourth-order valence-electron chi connectivity index (χ4n) is 2.38. The first-order chi connectivity index (χ1) is 13.3. The second-order valence-corrected chi connectivity index (χ2v) is 7.61. The van der Waals surface area contributed by atoms with Crippen molar-refractivity contribution in [2.75, 3.05) is 26.1 Å². The number of Topliss-reactive ketones (excluding diaryl/α,β-unsaturated/α-hetero) is 1. The summed E-state index contributed by atoms with van der Waals surface area (Å²) in [6, 6.07) is 10.5. The van der Waals surface area contributed by atoms with Gasteiger partial charge in [-0.15, -0.1) is 0 Å². The Balaban J connectivity index is 1.95. The van der Waals surface area contributed by atoms with Crippen LogP contribution in [0.1, 0.15) is 23.7 Å². The van der Waals surface area contributed by atoms with E-state index < -0.39 is 10.0 Å². The lowest BCUT2D eigenvalue weighted by atomic mass is 10.2. The number of amides is 1. The summed E-state index contributed by atoms with van der Waals surface area (Å²) in [5.74, 6) is 0.467. The minimum Gasteiger partial charge on any atom is -0.497 e. The zero-order chi connectivity index (χ0) is 20.7. The molecule has 1 amide bonds. The molecule has 150 valence electrons. The summed E-state index contributed by atoms with van der Waals surface area (Å²) in [6.07, 6.45) is -0.0783. The van der Waals surface area contributed by atoms with Crippen molar-refractivity contribution in [1.29, 1.82) is 0 Å². The van der Waals surface area contributed by atoms with Crippen LogP contribution < -0.4 is 19.5 Å². The Morgan fingerprint density at radius 2 is 1.68 bits per heavy atom. The molecule has 28 heavy (non-hydrogen) atoms. The molecule has 8 nitrogen and oxygen atoms in total. The Bertz CT molecular complexity index is 955. The minimum absolute atomic E-state index is 0.0207. The maximum Gasteiger partial charge on any atom is 0.240 e. The van der Waals surface area contributed by atoms with E-state index in [0.29, 0.717) is 22.7 Å². The van der Waals surface area contributed by atoms with Crippen LogP contribution in [0.3, 0.4) is 0 Å². The van der Waals surface area contributed by atoms with Crippen molar-refractivity contribution in [2.45, 2.75) is 18.2 Å². The average Bonchev–Trinajstić information content (AvgIpc) is 2.67. The Labute approximate surface area is 163 Å². The molecule has 2 rings (SSSR count). The van der Waals surface area contributed by atoms with Gasteiger partial charge in [-0.3, -0.25) is 9.59 Å². The van der Waals surface area contributed by atoms with Crippen molar-refractivity contribution < 1.29 is 27.5 Å². The van der Waals surface area contributed by atoms with Gasteiger partial charge in [0, 0.05) is 24.6 Å². The first-order valence-corrected chi connectivity index (χ1v) is 9.87. The topological polar surface area (TPSA) is 111 Å². The monoisotopic (exact) mass is 406 g/mol. The molecule has 0 spiro atoms. The molecule has 0 aliphatic rings. The van der Waals surface area contributed by atoms with E-state index in [4.69, 9.17) is 9.47 Å². The van der Waals surface area contributed by atoms with Gasteiger partial charge in [-0.25, -0.2) is 13.1 Å². The molecule has 0 atom stereocenters. The molecule has 0 saturated heterocycles. The molecule has 0 bridgehead atoms. The van der Waals surface area contributed by atoms with Crippen molar-refractivity contribution in [1.82, 2.24) is 4.72 Å². The minimum atomic E-state index is -3.78. The SMILES string of the molecule is COc1ccc(OC)c(NC(=O)CCNS(=O)(=O)c2ccc(C(C)=O)cc2)c1. The van der Waals surface area contributed by atoms with Crippen LogP contribution >= 0.6 is 0 Å². The van der Waals surface area contributed by atoms with Gasteiger partial charge in [0.15, 0.2) is 5.78 Å². The Kier molecular flexibility index (Phi) is 7.13. The van der Waals surface area contributed by atoms with Crippen LogP contribution in [0, 0.1) is 0 Å². The van der Waals surface area contributed by atoms with Crippen LogP contribution in [-0.2, 0) is 14.8 Å². The molecule has 0 radical (unpaired) electrons. The third kappa shape index (κ3) is 5.54. The van der Waals surface area contributed by atoms with E-state index in [9.17, 15) is 18.0 Å². The molecule has 2 aromatic rings. The van der Waals surface area contributed by atoms with Gasteiger partial charge in [-0.1, -0.05) is 12.1 Å². The van der Waals surface area contributed by atoms with Crippen molar-refractivity contribution in [3.05, 3.63) is 48.0 Å². The van der Waals surface area contributed by atoms with Crippen molar-refractivity contribution in [3.8, 4) is 11.5 Å². The van der Waals surface area contributed by atoms with E-state index in [1.54, 1.807) is 18.2 Å². The number of rotatable bonds is 9. The van der Waals surface area contributed by atoms with Gasteiger partial charge < -0.3 is 14.8 Å². The highest BCUT2D eigenvalue weighted by atomic mass is 32.2. The molecular weight excluding hydrogens is 384 g/mol. The number of sulfonamides is 1. The summed E-state index contributed by atoms with van der Waals surface area (Å²) in [4.78, 5) is 23.4. The van der Waals surface area contributed by atoms with Crippen LogP contribution in [0.4, 0.5) is 5.69 Å². The Hall–Kier alpha value is -2.91. The predicted octanol–water partition coefficient (Wildman–Crippen LogP) is 2.21. The lowest BCUT2D eigenvalue weighted by Gasteiger charge is -2.12. The first-order valence-electron chi connectivity index (χ1n) is 8.39. The number of carbonyl (C=O) groups is 2. The molecule has 2 aromatic carbocycles. The number of ketones is 1. The second kappa shape index (κ2) is 9.34. The highest BCUT2D eigenvalue weighted by Crippen LogP contribution is 2.28.